The summed E-state index contributed by atoms with van der Waals surface area (Å²) in [6.45, 7) is 0. The van der Waals surface area contributed by atoms with Crippen molar-refractivity contribution >= 4 is 34.1 Å². The number of hydrogen-bond donors (Lipinski definition) is 3. The third-order valence-corrected chi connectivity index (χ3v) is 6.31. The summed E-state index contributed by atoms with van der Waals surface area (Å²) < 4.78 is 6.21. The maximum Gasteiger partial charge on any atom is 0.220 e. The molecule has 4 aromatic rings. The Morgan fingerprint density at radius 3 is 2.65 bits per heavy atom. The molecule has 31 heavy (non-hydrogen) atoms. The normalized spacial score (nSPS) is 18.9. The standard InChI is InChI=1S/C24H24ClN5O/c25-21-22(14-4-3-5-17(12-14)31-16-10-8-15(26)9-11-16)29-24(27)30-23(21)19-13-28-20-7-2-1-6-18(19)20/h1-2,6-11,13-14,17,28H,3-5,12,26H2,(H2,27,29,30). The van der Waals surface area contributed by atoms with Gasteiger partial charge < -0.3 is 21.2 Å². The number of hydrogen-bond acceptors (Lipinski definition) is 5. The number of halogens is 1. The number of aromatic nitrogens is 3. The van der Waals surface area contributed by atoms with Crippen molar-refractivity contribution in [2.75, 3.05) is 11.5 Å². The number of benzene rings is 2. The Balaban J connectivity index is 1.45. The van der Waals surface area contributed by atoms with Gasteiger partial charge in [-0.2, -0.15) is 0 Å². The van der Waals surface area contributed by atoms with Crippen LogP contribution in [-0.2, 0) is 0 Å². The number of nitrogens with zero attached hydrogens (tertiary/aromatic N) is 2. The van der Waals surface area contributed by atoms with Crippen molar-refractivity contribution in [3.63, 3.8) is 0 Å². The van der Waals surface area contributed by atoms with Crippen molar-refractivity contribution in [1.29, 1.82) is 0 Å². The molecule has 0 aliphatic heterocycles. The number of aromatic amines is 1. The maximum absolute atomic E-state index is 6.88. The number of anilines is 2. The van der Waals surface area contributed by atoms with E-state index >= 15 is 0 Å². The molecule has 2 aromatic carbocycles. The zero-order valence-corrected chi connectivity index (χ0v) is 17.8. The van der Waals surface area contributed by atoms with Crippen LogP contribution in [0.25, 0.3) is 22.2 Å². The van der Waals surface area contributed by atoms with Gasteiger partial charge in [0.05, 0.1) is 22.5 Å². The van der Waals surface area contributed by atoms with Gasteiger partial charge in [-0.3, -0.25) is 0 Å². The van der Waals surface area contributed by atoms with Gasteiger partial charge in [0.1, 0.15) is 5.75 Å². The van der Waals surface area contributed by atoms with Crippen LogP contribution >= 0.6 is 11.6 Å². The van der Waals surface area contributed by atoms with E-state index in [2.05, 4.69) is 15.0 Å². The summed E-state index contributed by atoms with van der Waals surface area (Å²) in [4.78, 5) is 12.3. The van der Waals surface area contributed by atoms with Gasteiger partial charge in [-0.25, -0.2) is 9.97 Å². The van der Waals surface area contributed by atoms with Crippen LogP contribution in [0, 0.1) is 0 Å². The van der Waals surface area contributed by atoms with Gasteiger partial charge in [-0.1, -0.05) is 29.8 Å². The minimum absolute atomic E-state index is 0.0890. The molecular formula is C24H24ClN5O. The van der Waals surface area contributed by atoms with Gasteiger partial charge in [0, 0.05) is 34.3 Å². The summed E-state index contributed by atoms with van der Waals surface area (Å²) in [7, 11) is 0. The zero-order valence-electron chi connectivity index (χ0n) is 17.0. The van der Waals surface area contributed by atoms with E-state index in [1.54, 1.807) is 0 Å². The molecule has 2 heterocycles. The molecule has 2 aromatic heterocycles. The van der Waals surface area contributed by atoms with Gasteiger partial charge in [0.25, 0.3) is 0 Å². The lowest BCUT2D eigenvalue weighted by atomic mass is 9.84. The second-order valence-corrected chi connectivity index (χ2v) is 8.43. The van der Waals surface area contributed by atoms with Crippen molar-refractivity contribution in [2.24, 2.45) is 0 Å². The zero-order chi connectivity index (χ0) is 21.4. The fraction of sp³-hybridized carbons (Fsp3) is 0.250. The first-order valence-electron chi connectivity index (χ1n) is 10.5. The lowest BCUT2D eigenvalue weighted by Crippen LogP contribution is -2.25. The number of rotatable bonds is 4. The summed E-state index contributed by atoms with van der Waals surface area (Å²) in [5.41, 5.74) is 16.1. The first-order chi connectivity index (χ1) is 15.1. The maximum atomic E-state index is 6.88. The van der Waals surface area contributed by atoms with Crippen molar-refractivity contribution in [2.45, 2.75) is 37.7 Å². The molecule has 5 rings (SSSR count). The van der Waals surface area contributed by atoms with Crippen LogP contribution < -0.4 is 16.2 Å². The Kier molecular flexibility index (Phi) is 5.16. The number of H-pyrrole nitrogens is 1. The van der Waals surface area contributed by atoms with Gasteiger partial charge in [-0.05, 0) is 56.0 Å². The first kappa shape index (κ1) is 19.7. The number of nitrogens with one attached hydrogen (secondary N) is 1. The predicted molar refractivity (Wildman–Crippen MR) is 125 cm³/mol. The lowest BCUT2D eigenvalue weighted by molar-refractivity contribution is 0.142. The van der Waals surface area contributed by atoms with E-state index in [0.29, 0.717) is 10.7 Å². The molecule has 2 atom stereocenters. The predicted octanol–water partition coefficient (Wildman–Crippen LogP) is 5.55. The smallest absolute Gasteiger partial charge is 0.220 e. The average Bonchev–Trinajstić information content (AvgIpc) is 3.21. The Labute approximate surface area is 185 Å². The number of nitrogens with two attached hydrogens (primary N) is 2. The monoisotopic (exact) mass is 433 g/mol. The fourth-order valence-electron chi connectivity index (χ4n) is 4.44. The van der Waals surface area contributed by atoms with Crippen molar-refractivity contribution in [3.8, 4) is 17.0 Å². The molecule has 7 heteroatoms. The molecule has 1 fully saturated rings. The van der Waals surface area contributed by atoms with E-state index in [1.807, 2.05) is 54.7 Å². The van der Waals surface area contributed by atoms with Crippen molar-refractivity contribution < 1.29 is 4.74 Å². The van der Waals surface area contributed by atoms with Gasteiger partial charge in [-0.15, -0.1) is 0 Å². The molecule has 1 aliphatic carbocycles. The third kappa shape index (κ3) is 3.91. The van der Waals surface area contributed by atoms with E-state index in [9.17, 15) is 0 Å². The molecule has 6 nitrogen and oxygen atoms in total. The third-order valence-electron chi connectivity index (χ3n) is 5.93. The van der Waals surface area contributed by atoms with Crippen LogP contribution in [0.2, 0.25) is 5.02 Å². The second-order valence-electron chi connectivity index (χ2n) is 8.05. The van der Waals surface area contributed by atoms with Crippen LogP contribution in [0.15, 0.2) is 54.7 Å². The van der Waals surface area contributed by atoms with E-state index in [4.69, 9.17) is 27.8 Å². The first-order valence-corrected chi connectivity index (χ1v) is 10.9. The van der Waals surface area contributed by atoms with Crippen LogP contribution in [0.3, 0.4) is 0 Å². The second kappa shape index (κ2) is 8.12. The highest BCUT2D eigenvalue weighted by molar-refractivity contribution is 6.34. The minimum atomic E-state index is 0.0890. The lowest BCUT2D eigenvalue weighted by Gasteiger charge is -2.30. The quantitative estimate of drug-likeness (QED) is 0.366. The molecular weight excluding hydrogens is 410 g/mol. The Morgan fingerprint density at radius 2 is 1.81 bits per heavy atom. The highest BCUT2D eigenvalue weighted by Crippen LogP contribution is 2.41. The number of ether oxygens (including phenoxy) is 1. The summed E-state index contributed by atoms with van der Waals surface area (Å²) in [5.74, 6) is 1.23. The average molecular weight is 434 g/mol. The molecule has 2 unspecified atom stereocenters. The molecule has 1 aliphatic rings. The van der Waals surface area contributed by atoms with E-state index in [-0.39, 0.29) is 18.0 Å². The highest BCUT2D eigenvalue weighted by Gasteiger charge is 2.29. The molecule has 158 valence electrons. The molecule has 1 saturated carbocycles. The molecule has 0 amide bonds. The molecule has 0 spiro atoms. The summed E-state index contributed by atoms with van der Waals surface area (Å²) in [6.07, 6.45) is 5.86. The summed E-state index contributed by atoms with van der Waals surface area (Å²) in [6, 6.07) is 15.6. The van der Waals surface area contributed by atoms with Crippen LogP contribution in [-0.4, -0.2) is 21.1 Å². The Bertz CT molecular complexity index is 1220. The van der Waals surface area contributed by atoms with E-state index in [1.165, 1.54) is 0 Å². The highest BCUT2D eigenvalue weighted by atomic mass is 35.5. The molecule has 0 radical (unpaired) electrons. The minimum Gasteiger partial charge on any atom is -0.490 e. The van der Waals surface area contributed by atoms with Gasteiger partial charge >= 0.3 is 0 Å². The summed E-state index contributed by atoms with van der Waals surface area (Å²) in [5, 5.41) is 1.62. The van der Waals surface area contributed by atoms with Crippen molar-refractivity contribution in [1.82, 2.24) is 15.0 Å². The van der Waals surface area contributed by atoms with E-state index < -0.39 is 0 Å². The van der Waals surface area contributed by atoms with Gasteiger partial charge in [0.15, 0.2) is 0 Å². The molecule has 0 bridgehead atoms. The largest absolute Gasteiger partial charge is 0.490 e. The Morgan fingerprint density at radius 1 is 1.00 bits per heavy atom. The Hall–Kier alpha value is -3.25. The number of nitrogen functional groups attached to an aromatic ring is 2. The van der Waals surface area contributed by atoms with Crippen molar-refractivity contribution in [3.05, 3.63) is 65.4 Å². The fourth-order valence-corrected chi connectivity index (χ4v) is 4.78. The number of fused-ring (bicyclic) bond motifs is 1. The molecule has 5 N–H and O–H groups in total. The SMILES string of the molecule is Nc1ccc(OC2CCCC(c3nc(N)nc(-c4c[nH]c5ccccc45)c3Cl)C2)cc1. The van der Waals surface area contributed by atoms with Crippen LogP contribution in [0.4, 0.5) is 11.6 Å². The van der Waals surface area contributed by atoms with Gasteiger partial charge in [0.2, 0.25) is 5.95 Å². The van der Waals surface area contributed by atoms with Crippen LogP contribution in [0.5, 0.6) is 5.75 Å². The number of para-hydroxylation sites is 1. The van der Waals surface area contributed by atoms with E-state index in [0.717, 1.165) is 59.3 Å². The molecule has 0 saturated heterocycles. The topological polar surface area (TPSA) is 103 Å². The summed E-state index contributed by atoms with van der Waals surface area (Å²) >= 11 is 6.88. The van der Waals surface area contributed by atoms with Crippen LogP contribution in [0.1, 0.15) is 37.3 Å².